The van der Waals surface area contributed by atoms with Crippen LogP contribution in [0.5, 0.6) is 5.88 Å². The zero-order chi connectivity index (χ0) is 23.1. The first-order valence-electron chi connectivity index (χ1n) is 10.1. The lowest BCUT2D eigenvalue weighted by Crippen LogP contribution is -2.59. The number of H-pyrrole nitrogens is 1. The van der Waals surface area contributed by atoms with Crippen molar-refractivity contribution in [1.82, 2.24) is 30.1 Å². The number of aromatic nitrogens is 4. The molecule has 1 saturated heterocycles. The quantitative estimate of drug-likeness (QED) is 0.649. The number of nitrogens with one attached hydrogen (secondary N) is 1. The van der Waals surface area contributed by atoms with Gasteiger partial charge in [-0.3, -0.25) is 5.10 Å². The van der Waals surface area contributed by atoms with Crippen molar-refractivity contribution in [3.05, 3.63) is 59.3 Å². The van der Waals surface area contributed by atoms with Crippen LogP contribution in [0, 0.1) is 24.4 Å². The Morgan fingerprint density at radius 3 is 2.61 bits per heavy atom. The highest BCUT2D eigenvalue weighted by Gasteiger charge is 2.39. The molecule has 12 heteroatoms. The predicted molar refractivity (Wildman–Crippen MR) is 110 cm³/mol. The number of ether oxygens (including phenoxy) is 1. The molecule has 9 nitrogen and oxygen atoms in total. The van der Waals surface area contributed by atoms with Crippen LogP contribution < -0.4 is 4.74 Å². The summed E-state index contributed by atoms with van der Waals surface area (Å²) in [4.78, 5) is 22.4. The van der Waals surface area contributed by atoms with Crippen molar-refractivity contribution >= 4 is 12.2 Å². The van der Waals surface area contributed by atoms with E-state index >= 15 is 0 Å². The molecule has 1 N–H and O–H groups in total. The maximum absolute atomic E-state index is 14.2. The number of amides is 2. The second-order valence-electron chi connectivity index (χ2n) is 7.78. The van der Waals surface area contributed by atoms with Gasteiger partial charge in [-0.2, -0.15) is 19.6 Å². The van der Waals surface area contributed by atoms with Gasteiger partial charge in [-0.1, -0.05) is 0 Å². The van der Waals surface area contributed by atoms with Gasteiger partial charge in [-0.05, 0) is 24.6 Å². The molecule has 33 heavy (non-hydrogen) atoms. The topological polar surface area (TPSA) is 99.6 Å². The molecular weight excluding hydrogens is 439 g/mol. The van der Waals surface area contributed by atoms with Crippen LogP contribution in [0.25, 0.3) is 11.4 Å². The number of hydrazone groups is 1. The third kappa shape index (κ3) is 3.99. The lowest BCUT2D eigenvalue weighted by Gasteiger charge is -2.40. The fourth-order valence-electron chi connectivity index (χ4n) is 3.75. The molecular formula is C21H18F3N7O2. The molecule has 0 aliphatic carbocycles. The van der Waals surface area contributed by atoms with Gasteiger partial charge < -0.3 is 9.64 Å². The minimum Gasteiger partial charge on any atom is -0.468 e. The maximum Gasteiger partial charge on any atom is 0.341 e. The van der Waals surface area contributed by atoms with E-state index in [1.165, 1.54) is 34.5 Å². The summed E-state index contributed by atoms with van der Waals surface area (Å²) < 4.78 is 47.1. The number of rotatable bonds is 4. The summed E-state index contributed by atoms with van der Waals surface area (Å²) in [5.74, 6) is -2.12. The van der Waals surface area contributed by atoms with E-state index < -0.39 is 35.6 Å². The molecule has 2 aliphatic rings. The van der Waals surface area contributed by atoms with Crippen LogP contribution in [0.1, 0.15) is 23.7 Å². The lowest BCUT2D eigenvalue weighted by molar-refractivity contribution is 0.0230. The predicted octanol–water partition coefficient (Wildman–Crippen LogP) is 3.21. The largest absolute Gasteiger partial charge is 0.468 e. The number of likely N-dealkylation sites (tertiary alicyclic amines) is 1. The molecule has 1 aromatic carbocycles. The van der Waals surface area contributed by atoms with Crippen LogP contribution >= 0.6 is 0 Å². The highest BCUT2D eigenvalue weighted by molar-refractivity contribution is 5.79. The minimum absolute atomic E-state index is 0.179. The second-order valence-corrected chi connectivity index (χ2v) is 7.78. The molecule has 2 amide bonds. The molecule has 1 atom stereocenters. The Morgan fingerprint density at radius 1 is 1.15 bits per heavy atom. The Hall–Kier alpha value is -3.96. The average molecular weight is 457 g/mol. The van der Waals surface area contributed by atoms with Gasteiger partial charge in [0.2, 0.25) is 5.82 Å². The summed E-state index contributed by atoms with van der Waals surface area (Å²) in [5.41, 5.74) is 1.67. The highest BCUT2D eigenvalue weighted by atomic mass is 19.1. The zero-order valence-electron chi connectivity index (χ0n) is 17.4. The molecule has 170 valence electrons. The number of urea groups is 1. The Kier molecular flexibility index (Phi) is 5.19. The first kappa shape index (κ1) is 20.9. The number of hydrogen-bond donors (Lipinski definition) is 1. The van der Waals surface area contributed by atoms with Gasteiger partial charge in [0.15, 0.2) is 5.82 Å². The van der Waals surface area contributed by atoms with Crippen LogP contribution in [0.3, 0.4) is 0 Å². The van der Waals surface area contributed by atoms with E-state index in [1.807, 2.05) is 0 Å². The SMILES string of the molecule is Cc1[nH]ncc1-c1ncc(F)c(OC2CN(C(=O)N3N=CC[C@H]3c3cc(F)cc(F)c3)C2)n1. The number of aromatic amines is 1. The molecule has 0 spiro atoms. The van der Waals surface area contributed by atoms with E-state index in [9.17, 15) is 18.0 Å². The summed E-state index contributed by atoms with van der Waals surface area (Å²) in [6.45, 7) is 2.15. The molecule has 2 aliphatic heterocycles. The average Bonchev–Trinajstić information content (AvgIpc) is 3.39. The number of aryl methyl sites for hydroxylation is 1. The number of carbonyl (C=O) groups is 1. The summed E-state index contributed by atoms with van der Waals surface area (Å²) in [6.07, 6.45) is 3.94. The van der Waals surface area contributed by atoms with Crippen molar-refractivity contribution in [3.8, 4) is 17.3 Å². The number of nitrogens with zero attached hydrogens (tertiary/aromatic N) is 6. The van der Waals surface area contributed by atoms with Crippen molar-refractivity contribution in [2.45, 2.75) is 25.5 Å². The highest BCUT2D eigenvalue weighted by Crippen LogP contribution is 2.32. The normalized spacial score (nSPS) is 18.0. The Bertz CT molecular complexity index is 1220. The second kappa shape index (κ2) is 8.19. The molecule has 0 unspecified atom stereocenters. The zero-order valence-corrected chi connectivity index (χ0v) is 17.4. The van der Waals surface area contributed by atoms with E-state index in [-0.39, 0.29) is 24.8 Å². The fraction of sp³-hybridized carbons (Fsp3) is 0.286. The monoisotopic (exact) mass is 457 g/mol. The molecule has 0 bridgehead atoms. The van der Waals surface area contributed by atoms with E-state index in [1.54, 1.807) is 6.92 Å². The molecule has 0 radical (unpaired) electrons. The molecule has 0 saturated carbocycles. The summed E-state index contributed by atoms with van der Waals surface area (Å²) in [6, 6.07) is 2.09. The molecule has 4 heterocycles. The van der Waals surface area contributed by atoms with E-state index in [0.717, 1.165) is 18.0 Å². The van der Waals surface area contributed by atoms with Gasteiger partial charge in [0.05, 0.1) is 37.1 Å². The van der Waals surface area contributed by atoms with Gasteiger partial charge in [-0.15, -0.1) is 0 Å². The van der Waals surface area contributed by atoms with Gasteiger partial charge in [0.25, 0.3) is 5.88 Å². The number of hydrogen-bond acceptors (Lipinski definition) is 6. The number of benzene rings is 1. The smallest absolute Gasteiger partial charge is 0.341 e. The minimum atomic E-state index is -0.724. The van der Waals surface area contributed by atoms with E-state index in [4.69, 9.17) is 4.74 Å². The van der Waals surface area contributed by atoms with Crippen LogP contribution in [0.4, 0.5) is 18.0 Å². The van der Waals surface area contributed by atoms with Crippen LogP contribution in [0.15, 0.2) is 35.7 Å². The third-order valence-electron chi connectivity index (χ3n) is 5.48. The van der Waals surface area contributed by atoms with Crippen LogP contribution in [-0.2, 0) is 0 Å². The Balaban J connectivity index is 1.24. The Labute approximate surface area is 185 Å². The maximum atomic E-state index is 14.2. The van der Waals surface area contributed by atoms with Crippen LogP contribution in [-0.4, -0.2) is 61.5 Å². The fourth-order valence-corrected chi connectivity index (χ4v) is 3.75. The summed E-state index contributed by atoms with van der Waals surface area (Å²) >= 11 is 0. The van der Waals surface area contributed by atoms with E-state index in [0.29, 0.717) is 17.5 Å². The van der Waals surface area contributed by atoms with Crippen molar-refractivity contribution in [1.29, 1.82) is 0 Å². The molecule has 1 fully saturated rings. The van der Waals surface area contributed by atoms with Gasteiger partial charge >= 0.3 is 6.03 Å². The van der Waals surface area contributed by atoms with Crippen molar-refractivity contribution in [2.75, 3.05) is 13.1 Å². The number of carbonyl (C=O) groups excluding carboxylic acids is 1. The number of halogens is 3. The first-order valence-corrected chi connectivity index (χ1v) is 10.1. The third-order valence-corrected chi connectivity index (χ3v) is 5.48. The van der Waals surface area contributed by atoms with Crippen molar-refractivity contribution in [3.63, 3.8) is 0 Å². The van der Waals surface area contributed by atoms with Crippen LogP contribution in [0.2, 0.25) is 0 Å². The molecule has 2 aromatic heterocycles. The standard InChI is InChI=1S/C21H18F3N7O2/c1-11-16(7-26-29-11)19-25-8-17(24)20(28-19)33-15-9-30(10-15)21(32)31-18(2-3-27-31)12-4-13(22)6-14(23)5-12/h3-8,15,18H,2,9-10H2,1H3,(H,26,29)/t18-/m0/s1. The summed E-state index contributed by atoms with van der Waals surface area (Å²) in [7, 11) is 0. The summed E-state index contributed by atoms with van der Waals surface area (Å²) in [5, 5.41) is 11.9. The van der Waals surface area contributed by atoms with E-state index in [2.05, 4.69) is 25.3 Å². The van der Waals surface area contributed by atoms with Gasteiger partial charge in [0.1, 0.15) is 17.7 Å². The lowest BCUT2D eigenvalue weighted by atomic mass is 10.0. The molecule has 3 aromatic rings. The Morgan fingerprint density at radius 2 is 1.91 bits per heavy atom. The molecule has 5 rings (SSSR count). The van der Waals surface area contributed by atoms with Crippen molar-refractivity contribution < 1.29 is 22.7 Å². The first-order chi connectivity index (χ1) is 15.9. The van der Waals surface area contributed by atoms with Gasteiger partial charge in [-0.25, -0.2) is 23.6 Å². The van der Waals surface area contributed by atoms with Gasteiger partial charge in [0, 0.05) is 24.4 Å². The van der Waals surface area contributed by atoms with Crippen molar-refractivity contribution in [2.24, 2.45) is 5.10 Å².